The molecule has 0 heterocycles. The van der Waals surface area contributed by atoms with Crippen LogP contribution in [0.25, 0.3) is 6.08 Å². The van der Waals surface area contributed by atoms with Crippen molar-refractivity contribution in [2.75, 3.05) is 13.1 Å². The normalized spacial score (nSPS) is 23.0. The lowest BCUT2D eigenvalue weighted by atomic mass is 9.73. The molecule has 1 aliphatic rings. The molecule has 0 saturated carbocycles. The molecule has 0 aliphatic heterocycles. The summed E-state index contributed by atoms with van der Waals surface area (Å²) in [5, 5.41) is 7.16. The zero-order chi connectivity index (χ0) is 15.3. The molecule has 0 bridgehead atoms. The molecule has 2 heteroatoms. The molecule has 2 N–H and O–H groups in total. The van der Waals surface area contributed by atoms with Gasteiger partial charge >= 0.3 is 0 Å². The van der Waals surface area contributed by atoms with Gasteiger partial charge in [-0.3, -0.25) is 0 Å². The smallest absolute Gasteiger partial charge is 0.0170 e. The summed E-state index contributed by atoms with van der Waals surface area (Å²) in [6.45, 7) is 11.0. The highest BCUT2D eigenvalue weighted by atomic mass is 14.9. The van der Waals surface area contributed by atoms with Gasteiger partial charge < -0.3 is 10.6 Å². The van der Waals surface area contributed by atoms with Gasteiger partial charge in [-0.25, -0.2) is 0 Å². The van der Waals surface area contributed by atoms with E-state index in [1.54, 1.807) is 0 Å². The second-order valence-electron chi connectivity index (χ2n) is 6.40. The molecule has 2 atom stereocenters. The number of hydrogen-bond acceptors (Lipinski definition) is 2. The Balaban J connectivity index is 2.26. The highest BCUT2D eigenvalue weighted by Gasteiger charge is 2.36. The van der Waals surface area contributed by atoms with E-state index in [2.05, 4.69) is 74.7 Å². The molecule has 0 aromatic heterocycles. The number of fused-ring (bicyclic) bond motifs is 1. The van der Waals surface area contributed by atoms with Gasteiger partial charge in [-0.15, -0.1) is 0 Å². The van der Waals surface area contributed by atoms with Crippen molar-refractivity contribution in [1.82, 2.24) is 10.6 Å². The van der Waals surface area contributed by atoms with E-state index in [0.717, 1.165) is 25.9 Å². The fourth-order valence-corrected chi connectivity index (χ4v) is 3.81. The molecule has 0 amide bonds. The van der Waals surface area contributed by atoms with E-state index in [0.29, 0.717) is 12.1 Å². The molecule has 0 radical (unpaired) electrons. The van der Waals surface area contributed by atoms with E-state index < -0.39 is 0 Å². The molecule has 0 saturated heterocycles. The van der Waals surface area contributed by atoms with Gasteiger partial charge in [0.25, 0.3) is 0 Å². The van der Waals surface area contributed by atoms with Crippen LogP contribution in [-0.4, -0.2) is 25.2 Å². The van der Waals surface area contributed by atoms with Gasteiger partial charge in [0.2, 0.25) is 0 Å². The maximum atomic E-state index is 3.58. The van der Waals surface area contributed by atoms with Gasteiger partial charge in [0.15, 0.2) is 0 Å². The summed E-state index contributed by atoms with van der Waals surface area (Å²) in [5.74, 6) is 0. The predicted molar refractivity (Wildman–Crippen MR) is 92.7 cm³/mol. The Hall–Kier alpha value is -1.12. The zero-order valence-electron chi connectivity index (χ0n) is 13.9. The Morgan fingerprint density at radius 3 is 2.10 bits per heavy atom. The number of hydrogen-bond donors (Lipinski definition) is 2. The maximum absolute atomic E-state index is 3.58. The second kappa shape index (κ2) is 7.24. The Morgan fingerprint density at radius 1 is 0.952 bits per heavy atom. The van der Waals surface area contributed by atoms with Crippen molar-refractivity contribution in [2.24, 2.45) is 0 Å². The molecule has 0 spiro atoms. The average molecular weight is 286 g/mol. The van der Waals surface area contributed by atoms with Gasteiger partial charge in [-0.1, -0.05) is 50.3 Å². The lowest BCUT2D eigenvalue weighted by molar-refractivity contribution is 0.346. The Morgan fingerprint density at radius 2 is 1.52 bits per heavy atom. The Labute approximate surface area is 130 Å². The third-order valence-corrected chi connectivity index (χ3v) is 4.53. The van der Waals surface area contributed by atoms with Gasteiger partial charge in [-0.2, -0.15) is 0 Å². The number of nitrogens with one attached hydrogen (secondary N) is 2. The highest BCUT2D eigenvalue weighted by molar-refractivity contribution is 5.65. The first-order valence-corrected chi connectivity index (χ1v) is 8.37. The van der Waals surface area contributed by atoms with E-state index in [4.69, 9.17) is 0 Å². The van der Waals surface area contributed by atoms with E-state index in [-0.39, 0.29) is 5.41 Å². The van der Waals surface area contributed by atoms with Crippen LogP contribution in [0, 0.1) is 0 Å². The summed E-state index contributed by atoms with van der Waals surface area (Å²) in [6, 6.07) is 9.92. The third-order valence-electron chi connectivity index (χ3n) is 4.53. The van der Waals surface area contributed by atoms with Crippen molar-refractivity contribution in [3.05, 3.63) is 41.5 Å². The first kappa shape index (κ1) is 16.3. The minimum Gasteiger partial charge on any atom is -0.314 e. The Bertz CT molecular complexity index is 464. The van der Waals surface area contributed by atoms with Gasteiger partial charge in [0.1, 0.15) is 0 Å². The molecule has 2 rings (SSSR count). The molecule has 2 unspecified atom stereocenters. The van der Waals surface area contributed by atoms with E-state index in [9.17, 15) is 0 Å². The topological polar surface area (TPSA) is 24.1 Å². The molecular formula is C19H30N2. The van der Waals surface area contributed by atoms with E-state index in [1.165, 1.54) is 11.1 Å². The summed E-state index contributed by atoms with van der Waals surface area (Å²) >= 11 is 0. The van der Waals surface area contributed by atoms with Crippen LogP contribution in [0.1, 0.15) is 51.7 Å². The molecule has 1 aliphatic carbocycles. The molecule has 0 fully saturated rings. The van der Waals surface area contributed by atoms with Crippen molar-refractivity contribution in [3.63, 3.8) is 0 Å². The quantitative estimate of drug-likeness (QED) is 0.761. The van der Waals surface area contributed by atoms with Crippen LogP contribution in [0.3, 0.4) is 0 Å². The number of rotatable bonds is 8. The first-order valence-electron chi connectivity index (χ1n) is 8.37. The summed E-state index contributed by atoms with van der Waals surface area (Å²) in [5.41, 5.74) is 3.06. The van der Waals surface area contributed by atoms with Gasteiger partial charge in [0.05, 0.1) is 0 Å². The molecular weight excluding hydrogens is 256 g/mol. The van der Waals surface area contributed by atoms with Crippen LogP contribution in [0.4, 0.5) is 0 Å². The largest absolute Gasteiger partial charge is 0.314 e. The first-order chi connectivity index (χ1) is 10.1. The monoisotopic (exact) mass is 286 g/mol. The lowest BCUT2D eigenvalue weighted by Gasteiger charge is -2.35. The lowest BCUT2D eigenvalue weighted by Crippen LogP contribution is -2.39. The summed E-state index contributed by atoms with van der Waals surface area (Å²) in [7, 11) is 0. The zero-order valence-corrected chi connectivity index (χ0v) is 13.9. The SMILES string of the molecule is CCNC(C)CC1(CC(C)NCC)C=Cc2ccccc21. The number of benzene rings is 1. The molecule has 1 aromatic rings. The highest BCUT2D eigenvalue weighted by Crippen LogP contribution is 2.43. The molecule has 21 heavy (non-hydrogen) atoms. The van der Waals surface area contributed by atoms with Crippen LogP contribution in [0.5, 0.6) is 0 Å². The summed E-state index contributed by atoms with van der Waals surface area (Å²) in [6.07, 6.45) is 7.07. The standard InChI is InChI=1S/C19H30N2/c1-5-20-15(3)13-19(14-16(4)21-6-2)12-11-17-9-7-8-10-18(17)19/h7-12,15-16,20-21H,5-6,13-14H2,1-4H3. The molecule has 116 valence electrons. The fourth-order valence-electron chi connectivity index (χ4n) is 3.81. The van der Waals surface area contributed by atoms with E-state index in [1.807, 2.05) is 0 Å². The van der Waals surface area contributed by atoms with E-state index >= 15 is 0 Å². The van der Waals surface area contributed by atoms with Crippen LogP contribution < -0.4 is 10.6 Å². The van der Waals surface area contributed by atoms with Gasteiger partial charge in [0, 0.05) is 17.5 Å². The minimum atomic E-state index is 0.166. The molecule has 2 nitrogen and oxygen atoms in total. The summed E-state index contributed by atoms with van der Waals surface area (Å²) in [4.78, 5) is 0. The van der Waals surface area contributed by atoms with Crippen LogP contribution >= 0.6 is 0 Å². The predicted octanol–water partition coefficient (Wildman–Crippen LogP) is 3.73. The second-order valence-corrected chi connectivity index (χ2v) is 6.40. The van der Waals surface area contributed by atoms with Crippen LogP contribution in [-0.2, 0) is 5.41 Å². The molecule has 1 aromatic carbocycles. The maximum Gasteiger partial charge on any atom is 0.0170 e. The van der Waals surface area contributed by atoms with Crippen molar-refractivity contribution in [1.29, 1.82) is 0 Å². The third kappa shape index (κ3) is 3.75. The van der Waals surface area contributed by atoms with Crippen LogP contribution in [0.2, 0.25) is 0 Å². The van der Waals surface area contributed by atoms with Crippen molar-refractivity contribution < 1.29 is 0 Å². The van der Waals surface area contributed by atoms with Crippen molar-refractivity contribution in [2.45, 2.75) is 58.0 Å². The average Bonchev–Trinajstić information content (AvgIpc) is 2.78. The fraction of sp³-hybridized carbons (Fsp3) is 0.579. The van der Waals surface area contributed by atoms with Crippen molar-refractivity contribution >= 4 is 6.08 Å². The van der Waals surface area contributed by atoms with Gasteiger partial charge in [-0.05, 0) is 50.9 Å². The summed E-state index contributed by atoms with van der Waals surface area (Å²) < 4.78 is 0. The minimum absolute atomic E-state index is 0.166. The Kier molecular flexibility index (Phi) is 5.60. The number of allylic oxidation sites excluding steroid dienone is 1. The van der Waals surface area contributed by atoms with Crippen LogP contribution in [0.15, 0.2) is 30.3 Å². The van der Waals surface area contributed by atoms with Crippen molar-refractivity contribution in [3.8, 4) is 0 Å².